The van der Waals surface area contributed by atoms with Gasteiger partial charge in [0.2, 0.25) is 0 Å². The summed E-state index contributed by atoms with van der Waals surface area (Å²) in [5, 5.41) is 0. The van der Waals surface area contributed by atoms with Crippen LogP contribution in [0.25, 0.3) is 0 Å². The van der Waals surface area contributed by atoms with Gasteiger partial charge in [-0.3, -0.25) is 0 Å². The van der Waals surface area contributed by atoms with Gasteiger partial charge in [0.25, 0.3) is 0 Å². The van der Waals surface area contributed by atoms with Crippen molar-refractivity contribution in [1.82, 2.24) is 0 Å². The van der Waals surface area contributed by atoms with Crippen molar-refractivity contribution < 1.29 is 45.1 Å². The first-order chi connectivity index (χ1) is 16.2. The van der Waals surface area contributed by atoms with Crippen LogP contribution in [0.4, 0.5) is 0 Å². The molecule has 3 heteroatoms. The molecule has 6 atom stereocenters. The number of allylic oxidation sites excluding steroid dienone is 8. The van der Waals surface area contributed by atoms with Gasteiger partial charge in [-0.25, -0.2) is 0 Å². The fourth-order valence-corrected chi connectivity index (χ4v) is 29.4. The van der Waals surface area contributed by atoms with Crippen LogP contribution in [0.2, 0.25) is 15.5 Å². The van der Waals surface area contributed by atoms with Gasteiger partial charge in [-0.1, -0.05) is 0 Å². The molecule has 35 heavy (non-hydrogen) atoms. The number of rotatable bonds is 6. The molecule has 0 aromatic heterocycles. The average Bonchev–Trinajstić information content (AvgIpc) is 3.43. The summed E-state index contributed by atoms with van der Waals surface area (Å²) >= 11 is -2.45. The molecule has 0 bridgehead atoms. The van der Waals surface area contributed by atoms with Crippen molar-refractivity contribution in [3.05, 3.63) is 46.6 Å². The van der Waals surface area contributed by atoms with E-state index in [0.717, 1.165) is 30.9 Å². The van der Waals surface area contributed by atoms with E-state index in [1.165, 1.54) is 51.4 Å². The summed E-state index contributed by atoms with van der Waals surface area (Å²) in [6.45, 7) is 9.76. The Morgan fingerprint density at radius 3 is 1.29 bits per heavy atom. The standard InChI is InChI=1S/2C13H19.C6H12.2ClH.Zr/c2*1-3-10-8-9-11(4-2)13-7-5-6-12(10)13;1-3-5-6-4-2;;;/h2*6,8-9,12-13H,3-5,7H2,1-2H3;1-6H2;2*1H;/q;;;;;+2/p-2. The average molecular weight is 597 g/mol. The van der Waals surface area contributed by atoms with Crippen molar-refractivity contribution in [2.24, 2.45) is 23.7 Å². The molecular formula is C32H50Cl2Zr. The van der Waals surface area contributed by atoms with Crippen LogP contribution in [0, 0.1) is 23.7 Å². The Morgan fingerprint density at radius 1 is 0.543 bits per heavy atom. The number of halogens is 2. The van der Waals surface area contributed by atoms with Crippen LogP contribution in [0.15, 0.2) is 46.6 Å². The molecule has 0 aromatic carbocycles. The first-order valence-corrected chi connectivity index (χ1v) is 21.3. The first-order valence-electron chi connectivity index (χ1n) is 15.0. The van der Waals surface area contributed by atoms with Crippen LogP contribution in [0.5, 0.6) is 0 Å². The van der Waals surface area contributed by atoms with Crippen molar-refractivity contribution in [1.29, 1.82) is 0 Å². The van der Waals surface area contributed by atoms with E-state index in [1.807, 2.05) is 22.3 Å². The summed E-state index contributed by atoms with van der Waals surface area (Å²) < 4.78 is 5.75. The second kappa shape index (κ2) is 13.0. The molecule has 0 radical (unpaired) electrons. The van der Waals surface area contributed by atoms with Gasteiger partial charge >= 0.3 is 211 Å². The molecule has 0 amide bonds. The van der Waals surface area contributed by atoms with E-state index in [2.05, 4.69) is 52.0 Å². The third-order valence-electron chi connectivity index (χ3n) is 11.3. The number of fused-ring (bicyclic) bond motifs is 2. The smallest absolute Gasteiger partial charge is 1.00 e. The Hall–Kier alpha value is 0.423. The second-order valence-corrected chi connectivity index (χ2v) is 24.3. The SMILES string of the molecule is CCC1=CC=C(CC)C2C1CC[CH]2[Zr+2]1([CH]2CCC3C(CC)=CC=C(CC)C32)[CH2]CCCC[CH2]1.[Cl-].[Cl-]. The molecule has 0 spiro atoms. The summed E-state index contributed by atoms with van der Waals surface area (Å²) in [4.78, 5) is 0. The van der Waals surface area contributed by atoms with Crippen molar-refractivity contribution in [2.45, 2.75) is 120 Å². The second-order valence-electron chi connectivity index (χ2n) is 12.2. The Kier molecular flexibility index (Phi) is 11.1. The van der Waals surface area contributed by atoms with Crippen LogP contribution in [-0.2, 0) is 20.3 Å². The molecule has 6 unspecified atom stereocenters. The van der Waals surface area contributed by atoms with E-state index in [0.29, 0.717) is 0 Å². The predicted octanol–water partition coefficient (Wildman–Crippen LogP) is 4.56. The van der Waals surface area contributed by atoms with E-state index in [1.54, 1.807) is 33.9 Å². The van der Waals surface area contributed by atoms with Gasteiger partial charge in [0.1, 0.15) is 0 Å². The zero-order chi connectivity index (χ0) is 23.0. The van der Waals surface area contributed by atoms with Crippen molar-refractivity contribution in [3.63, 3.8) is 0 Å². The maximum absolute atomic E-state index is 2.61. The summed E-state index contributed by atoms with van der Waals surface area (Å²) in [6.07, 6.45) is 28.0. The van der Waals surface area contributed by atoms with Gasteiger partial charge in [-0.05, 0) is 0 Å². The van der Waals surface area contributed by atoms with Gasteiger partial charge in [0, 0.05) is 0 Å². The Morgan fingerprint density at radius 2 is 0.914 bits per heavy atom. The Labute approximate surface area is 234 Å². The molecule has 1 aliphatic heterocycles. The van der Waals surface area contributed by atoms with Gasteiger partial charge in [0.05, 0.1) is 0 Å². The van der Waals surface area contributed by atoms with Crippen molar-refractivity contribution in [2.75, 3.05) is 0 Å². The minimum absolute atomic E-state index is 0. The zero-order valence-corrected chi connectivity index (χ0v) is 26.9. The van der Waals surface area contributed by atoms with Crippen LogP contribution in [-0.4, -0.2) is 0 Å². The topological polar surface area (TPSA) is 0 Å². The molecule has 0 aromatic rings. The fourth-order valence-electron chi connectivity index (χ4n) is 9.92. The first kappa shape index (κ1) is 30.0. The maximum Gasteiger partial charge on any atom is -1.00 e. The molecule has 2 saturated carbocycles. The number of hydrogen-bond donors (Lipinski definition) is 0. The van der Waals surface area contributed by atoms with Gasteiger partial charge in [0.15, 0.2) is 0 Å². The molecule has 5 aliphatic rings. The van der Waals surface area contributed by atoms with Crippen molar-refractivity contribution in [3.8, 4) is 0 Å². The third-order valence-corrected chi connectivity index (χ3v) is 28.0. The van der Waals surface area contributed by atoms with Gasteiger partial charge in [-0.15, -0.1) is 0 Å². The third kappa shape index (κ3) is 5.20. The number of hydrogen-bond acceptors (Lipinski definition) is 0. The van der Waals surface area contributed by atoms with Gasteiger partial charge in [-0.2, -0.15) is 0 Å². The Bertz CT molecular complexity index is 780. The molecule has 1 heterocycles. The molecule has 0 N–H and O–H groups in total. The minimum atomic E-state index is -2.45. The molecule has 1 saturated heterocycles. The minimum Gasteiger partial charge on any atom is -1.00 e. The van der Waals surface area contributed by atoms with Gasteiger partial charge < -0.3 is 24.8 Å². The summed E-state index contributed by atoms with van der Waals surface area (Å²) in [5.74, 6) is 3.71. The Balaban J connectivity index is 0.00000171. The van der Waals surface area contributed by atoms with E-state index in [9.17, 15) is 0 Å². The molecule has 5 rings (SSSR count). The maximum atomic E-state index is 2.61. The summed E-state index contributed by atoms with van der Waals surface area (Å²) in [6, 6.07) is 0. The zero-order valence-electron chi connectivity index (χ0n) is 22.9. The molecule has 196 valence electrons. The van der Waals surface area contributed by atoms with Crippen LogP contribution in [0.1, 0.15) is 105 Å². The van der Waals surface area contributed by atoms with E-state index < -0.39 is 20.3 Å². The van der Waals surface area contributed by atoms with E-state index in [-0.39, 0.29) is 24.8 Å². The quantitative estimate of drug-likeness (QED) is 0.422. The molecule has 0 nitrogen and oxygen atoms in total. The van der Waals surface area contributed by atoms with Crippen LogP contribution < -0.4 is 24.8 Å². The fraction of sp³-hybridized carbons (Fsp3) is 0.750. The monoisotopic (exact) mass is 594 g/mol. The molecule has 4 aliphatic carbocycles. The van der Waals surface area contributed by atoms with E-state index in [4.69, 9.17) is 0 Å². The van der Waals surface area contributed by atoms with E-state index >= 15 is 0 Å². The van der Waals surface area contributed by atoms with Crippen LogP contribution >= 0.6 is 0 Å². The largest absolute Gasteiger partial charge is 1.00 e. The van der Waals surface area contributed by atoms with Crippen molar-refractivity contribution >= 4 is 0 Å². The molecular weight excluding hydrogens is 546 g/mol. The summed E-state index contributed by atoms with van der Waals surface area (Å²) in [5.41, 5.74) is 7.33. The molecule has 3 fully saturated rings. The normalized spacial score (nSPS) is 34.9. The summed E-state index contributed by atoms with van der Waals surface area (Å²) in [7, 11) is 0. The van der Waals surface area contributed by atoms with Crippen LogP contribution in [0.3, 0.4) is 0 Å². The predicted molar refractivity (Wildman–Crippen MR) is 142 cm³/mol.